The Labute approximate surface area is 192 Å². The number of nitrogens with one attached hydrogen (secondary N) is 2. The van der Waals surface area contributed by atoms with Crippen molar-refractivity contribution < 1.29 is 17.9 Å². The number of alkyl halides is 3. The van der Waals surface area contributed by atoms with Crippen molar-refractivity contribution in [2.45, 2.75) is 44.1 Å². The molecule has 2 aliphatic rings. The lowest BCUT2D eigenvalue weighted by Crippen LogP contribution is -2.45. The summed E-state index contributed by atoms with van der Waals surface area (Å²) in [6.07, 6.45) is -1.43. The third-order valence-corrected chi connectivity index (χ3v) is 6.56. The van der Waals surface area contributed by atoms with Crippen LogP contribution in [-0.4, -0.2) is 19.2 Å². The summed E-state index contributed by atoms with van der Waals surface area (Å²) in [5, 5.41) is 7.34. The van der Waals surface area contributed by atoms with Gasteiger partial charge in [0.25, 0.3) is 0 Å². The number of hydrogen-bond acceptors (Lipinski definition) is 3. The maximum absolute atomic E-state index is 13.2. The van der Waals surface area contributed by atoms with Gasteiger partial charge in [-0.15, -0.1) is 0 Å². The number of benzene rings is 3. The van der Waals surface area contributed by atoms with E-state index in [0.29, 0.717) is 18.7 Å². The molecule has 2 aliphatic heterocycles. The molecule has 172 valence electrons. The molecule has 0 aromatic heterocycles. The zero-order valence-corrected chi connectivity index (χ0v) is 18.3. The summed E-state index contributed by atoms with van der Waals surface area (Å²) in [6.45, 7) is 2.19. The van der Waals surface area contributed by atoms with Crippen LogP contribution in [0.2, 0.25) is 0 Å². The van der Waals surface area contributed by atoms with Crippen molar-refractivity contribution in [1.82, 2.24) is 10.6 Å². The molecule has 3 aromatic carbocycles. The van der Waals surface area contributed by atoms with E-state index >= 15 is 0 Å². The third-order valence-electron chi connectivity index (χ3n) is 6.56. The standard InChI is InChI=1S/C27H27F3N2O/c28-27(29,30)23-9-4-8-19(16-23)21-14-20-11-13-33-26(20)22(15-21)17-32-24-10-5-12-31-25(24)18-6-2-1-3-7-18/h1-4,6-9,14-16,24-25,31-32H,5,10-13,17H2/t24-,25-/m0/s1. The lowest BCUT2D eigenvalue weighted by atomic mass is 9.91. The SMILES string of the molecule is FC(F)(F)c1cccc(-c2cc3c(c(CN[C@H]4CCCN[C@H]4c4ccccc4)c2)OCC3)c1. The maximum atomic E-state index is 13.2. The van der Waals surface area contributed by atoms with E-state index in [-0.39, 0.29) is 12.1 Å². The van der Waals surface area contributed by atoms with Crippen molar-refractivity contribution in [3.63, 3.8) is 0 Å². The summed E-state index contributed by atoms with van der Waals surface area (Å²) in [4.78, 5) is 0. The van der Waals surface area contributed by atoms with Gasteiger partial charge in [-0.05, 0) is 65.9 Å². The number of hydrogen-bond donors (Lipinski definition) is 2. The van der Waals surface area contributed by atoms with E-state index < -0.39 is 11.7 Å². The monoisotopic (exact) mass is 452 g/mol. The third kappa shape index (κ3) is 4.77. The van der Waals surface area contributed by atoms with Crippen molar-refractivity contribution in [2.75, 3.05) is 13.2 Å². The molecule has 2 atom stereocenters. The summed E-state index contributed by atoms with van der Waals surface area (Å²) in [5.41, 5.74) is 4.05. The van der Waals surface area contributed by atoms with Gasteiger partial charge >= 0.3 is 6.18 Å². The van der Waals surface area contributed by atoms with E-state index in [9.17, 15) is 13.2 Å². The van der Waals surface area contributed by atoms with E-state index in [0.717, 1.165) is 54.3 Å². The molecule has 1 saturated heterocycles. The number of ether oxygens (including phenoxy) is 1. The van der Waals surface area contributed by atoms with Gasteiger partial charge in [-0.3, -0.25) is 0 Å². The first-order valence-electron chi connectivity index (χ1n) is 11.5. The highest BCUT2D eigenvalue weighted by Gasteiger charge is 2.31. The Bertz CT molecular complexity index is 1110. The van der Waals surface area contributed by atoms with E-state index in [1.165, 1.54) is 17.7 Å². The van der Waals surface area contributed by atoms with Crippen LogP contribution < -0.4 is 15.4 Å². The van der Waals surface area contributed by atoms with E-state index in [1.807, 2.05) is 18.2 Å². The molecule has 1 fully saturated rings. The van der Waals surface area contributed by atoms with Crippen LogP contribution in [0, 0.1) is 0 Å². The minimum atomic E-state index is -4.36. The summed E-state index contributed by atoms with van der Waals surface area (Å²) < 4.78 is 45.7. The van der Waals surface area contributed by atoms with Crippen LogP contribution in [0.3, 0.4) is 0 Å². The zero-order valence-electron chi connectivity index (χ0n) is 18.3. The minimum absolute atomic E-state index is 0.223. The zero-order chi connectivity index (χ0) is 22.8. The quantitative estimate of drug-likeness (QED) is 0.506. The van der Waals surface area contributed by atoms with Crippen LogP contribution in [0.25, 0.3) is 11.1 Å². The number of rotatable bonds is 5. The predicted octanol–water partition coefficient (Wildman–Crippen LogP) is 5.89. The molecule has 3 nitrogen and oxygen atoms in total. The van der Waals surface area contributed by atoms with Gasteiger partial charge in [0.2, 0.25) is 0 Å². The fourth-order valence-corrected chi connectivity index (χ4v) is 4.92. The van der Waals surface area contributed by atoms with Gasteiger partial charge in [0.05, 0.1) is 12.2 Å². The van der Waals surface area contributed by atoms with Crippen molar-refractivity contribution in [3.05, 3.63) is 89.0 Å². The molecule has 3 aromatic rings. The second-order valence-corrected chi connectivity index (χ2v) is 8.77. The average molecular weight is 453 g/mol. The number of halogens is 3. The minimum Gasteiger partial charge on any atom is -0.493 e. The Morgan fingerprint density at radius 3 is 2.64 bits per heavy atom. The first-order chi connectivity index (χ1) is 16.0. The summed E-state index contributed by atoms with van der Waals surface area (Å²) >= 11 is 0. The maximum Gasteiger partial charge on any atom is 0.416 e. The molecular formula is C27H27F3N2O. The average Bonchev–Trinajstić information content (AvgIpc) is 3.32. The molecule has 0 bridgehead atoms. The van der Waals surface area contributed by atoms with E-state index in [2.05, 4.69) is 34.9 Å². The van der Waals surface area contributed by atoms with Crippen LogP contribution in [0.1, 0.15) is 41.1 Å². The van der Waals surface area contributed by atoms with Gasteiger partial charge in [0.15, 0.2) is 0 Å². The molecule has 5 rings (SSSR count). The largest absolute Gasteiger partial charge is 0.493 e. The van der Waals surface area contributed by atoms with Gasteiger partial charge in [0.1, 0.15) is 5.75 Å². The second-order valence-electron chi connectivity index (χ2n) is 8.77. The highest BCUT2D eigenvalue weighted by molar-refractivity contribution is 5.69. The Morgan fingerprint density at radius 2 is 1.82 bits per heavy atom. The van der Waals surface area contributed by atoms with Gasteiger partial charge < -0.3 is 15.4 Å². The van der Waals surface area contributed by atoms with E-state index in [4.69, 9.17) is 4.74 Å². The molecule has 2 N–H and O–H groups in total. The normalized spacial score (nSPS) is 20.3. The smallest absolute Gasteiger partial charge is 0.416 e. The summed E-state index contributed by atoms with van der Waals surface area (Å²) in [7, 11) is 0. The van der Waals surface area contributed by atoms with Gasteiger partial charge in [-0.1, -0.05) is 42.5 Å². The fourth-order valence-electron chi connectivity index (χ4n) is 4.92. The first-order valence-corrected chi connectivity index (χ1v) is 11.5. The Morgan fingerprint density at radius 1 is 0.970 bits per heavy atom. The van der Waals surface area contributed by atoms with Crippen LogP contribution in [0.4, 0.5) is 13.2 Å². The lowest BCUT2D eigenvalue weighted by Gasteiger charge is -2.34. The first kappa shape index (κ1) is 22.0. The topological polar surface area (TPSA) is 33.3 Å². The second kappa shape index (κ2) is 9.20. The molecule has 6 heteroatoms. The van der Waals surface area contributed by atoms with Crippen molar-refractivity contribution in [2.24, 2.45) is 0 Å². The van der Waals surface area contributed by atoms with Crippen LogP contribution >= 0.6 is 0 Å². The Hall–Kier alpha value is -2.83. The summed E-state index contributed by atoms with van der Waals surface area (Å²) in [6, 6.07) is 20.4. The molecule has 0 radical (unpaired) electrons. The molecule has 0 spiro atoms. The van der Waals surface area contributed by atoms with Crippen LogP contribution in [0.5, 0.6) is 5.75 Å². The van der Waals surface area contributed by atoms with Gasteiger partial charge in [0, 0.05) is 30.6 Å². The molecule has 2 heterocycles. The van der Waals surface area contributed by atoms with Gasteiger partial charge in [-0.25, -0.2) is 0 Å². The summed E-state index contributed by atoms with van der Waals surface area (Å²) in [5.74, 6) is 0.873. The number of fused-ring (bicyclic) bond motifs is 1. The molecule has 33 heavy (non-hydrogen) atoms. The van der Waals surface area contributed by atoms with Crippen molar-refractivity contribution in [3.8, 4) is 16.9 Å². The van der Waals surface area contributed by atoms with E-state index in [1.54, 1.807) is 6.07 Å². The molecule has 0 unspecified atom stereocenters. The Balaban J connectivity index is 1.41. The molecular weight excluding hydrogens is 425 g/mol. The Kier molecular flexibility index (Phi) is 6.13. The van der Waals surface area contributed by atoms with Gasteiger partial charge in [-0.2, -0.15) is 13.2 Å². The number of piperidine rings is 1. The highest BCUT2D eigenvalue weighted by Crippen LogP contribution is 2.37. The molecule has 0 saturated carbocycles. The lowest BCUT2D eigenvalue weighted by molar-refractivity contribution is -0.137. The van der Waals surface area contributed by atoms with Crippen molar-refractivity contribution in [1.29, 1.82) is 0 Å². The molecule has 0 amide bonds. The predicted molar refractivity (Wildman–Crippen MR) is 123 cm³/mol. The molecule has 0 aliphatic carbocycles. The van der Waals surface area contributed by atoms with Crippen molar-refractivity contribution >= 4 is 0 Å². The highest BCUT2D eigenvalue weighted by atomic mass is 19.4. The fraction of sp³-hybridized carbons (Fsp3) is 0.333. The van der Waals surface area contributed by atoms with Crippen LogP contribution in [0.15, 0.2) is 66.7 Å². The van der Waals surface area contributed by atoms with Crippen LogP contribution in [-0.2, 0) is 19.1 Å².